The predicted molar refractivity (Wildman–Crippen MR) is 73.9 cm³/mol. The van der Waals surface area contributed by atoms with Gasteiger partial charge in [-0.3, -0.25) is 0 Å². The highest BCUT2D eigenvalue weighted by atomic mass is 35.5. The maximum atomic E-state index is 12.2. The van der Waals surface area contributed by atoms with Crippen molar-refractivity contribution in [2.24, 2.45) is 5.73 Å². The molecule has 0 unspecified atom stereocenters. The van der Waals surface area contributed by atoms with Crippen LogP contribution < -0.4 is 5.73 Å². The fourth-order valence-corrected chi connectivity index (χ4v) is 2.21. The van der Waals surface area contributed by atoms with Crippen LogP contribution in [0.1, 0.15) is 37.8 Å². The quantitative estimate of drug-likeness (QED) is 0.878. The van der Waals surface area contributed by atoms with Gasteiger partial charge in [0.1, 0.15) is 0 Å². The molecule has 20 heavy (non-hydrogen) atoms. The van der Waals surface area contributed by atoms with E-state index in [0.717, 1.165) is 17.8 Å². The molecule has 2 aromatic rings. The zero-order chi connectivity index (χ0) is 14.6. The van der Waals surface area contributed by atoms with Gasteiger partial charge in [-0.2, -0.15) is 5.10 Å². The minimum absolute atomic E-state index is 0.118. The van der Waals surface area contributed by atoms with Gasteiger partial charge in [0.25, 0.3) is 0 Å². The number of rotatable bonds is 1. The summed E-state index contributed by atoms with van der Waals surface area (Å²) in [5, 5.41) is 4.60. The summed E-state index contributed by atoms with van der Waals surface area (Å²) >= 11 is 5.72. The Balaban J connectivity index is 0.000000160. The van der Waals surface area contributed by atoms with Crippen LogP contribution in [-0.4, -0.2) is 20.5 Å². The minimum atomic E-state index is -2.32. The van der Waals surface area contributed by atoms with Crippen molar-refractivity contribution in [2.75, 3.05) is 0 Å². The van der Waals surface area contributed by atoms with E-state index in [2.05, 4.69) is 10.1 Å². The Morgan fingerprint density at radius 1 is 1.30 bits per heavy atom. The molecule has 2 N–H and O–H groups in total. The molecular weight excluding hydrogens is 286 g/mol. The Kier molecular flexibility index (Phi) is 4.88. The Morgan fingerprint density at radius 3 is 2.55 bits per heavy atom. The molecular formula is C13H17ClF2N4. The Labute approximate surface area is 120 Å². The zero-order valence-electron chi connectivity index (χ0n) is 11.0. The molecule has 0 aliphatic heterocycles. The average Bonchev–Trinajstić information content (AvgIpc) is 2.81. The minimum Gasteiger partial charge on any atom is -0.325 e. The highest BCUT2D eigenvalue weighted by Gasteiger charge is 2.30. The van der Waals surface area contributed by atoms with Crippen LogP contribution in [0.4, 0.5) is 8.78 Å². The van der Waals surface area contributed by atoms with E-state index in [9.17, 15) is 8.78 Å². The molecule has 1 fully saturated rings. The number of imidazole rings is 1. The number of alkyl halides is 2. The Morgan fingerprint density at radius 2 is 2.00 bits per heavy atom. The standard InChI is InChI=1S/C7H7ClN4.C6H10F2/c8-5-1-7-11-6(2-9)4-12(7)10-3-5;7-6(8)4-2-1-3-5-6/h1,3-4H,2,9H2;1-5H2. The van der Waals surface area contributed by atoms with Gasteiger partial charge < -0.3 is 5.73 Å². The van der Waals surface area contributed by atoms with E-state index in [-0.39, 0.29) is 12.8 Å². The van der Waals surface area contributed by atoms with Crippen molar-refractivity contribution in [3.05, 3.63) is 29.2 Å². The van der Waals surface area contributed by atoms with Gasteiger partial charge in [0.05, 0.1) is 23.1 Å². The lowest BCUT2D eigenvalue weighted by atomic mass is 9.97. The summed E-state index contributed by atoms with van der Waals surface area (Å²) in [4.78, 5) is 4.18. The first-order chi connectivity index (χ1) is 9.50. The molecule has 110 valence electrons. The maximum absolute atomic E-state index is 12.2. The molecule has 4 nitrogen and oxygen atoms in total. The van der Waals surface area contributed by atoms with Gasteiger partial charge in [-0.1, -0.05) is 18.0 Å². The van der Waals surface area contributed by atoms with Crippen LogP contribution in [0, 0.1) is 0 Å². The number of halogens is 3. The number of hydrogen-bond acceptors (Lipinski definition) is 3. The number of fused-ring (bicyclic) bond motifs is 1. The highest BCUT2D eigenvalue weighted by Crippen LogP contribution is 2.32. The summed E-state index contributed by atoms with van der Waals surface area (Å²) in [5.74, 6) is -2.32. The highest BCUT2D eigenvalue weighted by molar-refractivity contribution is 6.30. The van der Waals surface area contributed by atoms with E-state index in [1.807, 2.05) is 0 Å². The van der Waals surface area contributed by atoms with Gasteiger partial charge >= 0.3 is 0 Å². The van der Waals surface area contributed by atoms with Crippen LogP contribution in [0.15, 0.2) is 18.5 Å². The summed E-state index contributed by atoms with van der Waals surface area (Å²) in [6.07, 6.45) is 6.01. The van der Waals surface area contributed by atoms with Crippen LogP contribution in [0.5, 0.6) is 0 Å². The van der Waals surface area contributed by atoms with Gasteiger partial charge in [-0.15, -0.1) is 0 Å². The van der Waals surface area contributed by atoms with E-state index >= 15 is 0 Å². The van der Waals surface area contributed by atoms with Crippen molar-refractivity contribution in [1.82, 2.24) is 14.6 Å². The second-order valence-corrected chi connectivity index (χ2v) is 5.27. The fraction of sp³-hybridized carbons (Fsp3) is 0.538. The third-order valence-corrected chi connectivity index (χ3v) is 3.34. The predicted octanol–water partition coefficient (Wildman–Crippen LogP) is 3.43. The number of aromatic nitrogens is 3. The van der Waals surface area contributed by atoms with Crippen LogP contribution in [-0.2, 0) is 6.54 Å². The molecule has 7 heteroatoms. The molecule has 0 bridgehead atoms. The zero-order valence-corrected chi connectivity index (χ0v) is 11.8. The van der Waals surface area contributed by atoms with E-state index in [1.54, 1.807) is 23.0 Å². The largest absolute Gasteiger partial charge is 0.325 e. The van der Waals surface area contributed by atoms with E-state index in [4.69, 9.17) is 17.3 Å². The number of hydrogen-bond donors (Lipinski definition) is 1. The Bertz CT molecular complexity index is 562. The summed E-state index contributed by atoms with van der Waals surface area (Å²) in [6, 6.07) is 1.74. The fourth-order valence-electron chi connectivity index (χ4n) is 2.07. The molecule has 0 amide bonds. The maximum Gasteiger partial charge on any atom is 0.248 e. The molecule has 1 aliphatic carbocycles. The smallest absolute Gasteiger partial charge is 0.248 e. The van der Waals surface area contributed by atoms with E-state index in [1.165, 1.54) is 0 Å². The molecule has 0 spiro atoms. The van der Waals surface area contributed by atoms with Crippen molar-refractivity contribution in [3.8, 4) is 0 Å². The first-order valence-corrected chi connectivity index (χ1v) is 6.96. The summed E-state index contributed by atoms with van der Waals surface area (Å²) < 4.78 is 26.1. The molecule has 1 saturated carbocycles. The van der Waals surface area contributed by atoms with E-state index < -0.39 is 5.92 Å². The lowest BCUT2D eigenvalue weighted by Crippen LogP contribution is -2.18. The van der Waals surface area contributed by atoms with Crippen molar-refractivity contribution >= 4 is 17.2 Å². The molecule has 0 atom stereocenters. The molecule has 1 aliphatic rings. The SMILES string of the molecule is FC1(F)CCCCC1.NCc1cn2ncc(Cl)cc2n1. The summed E-state index contributed by atoms with van der Waals surface area (Å²) in [7, 11) is 0. The molecule has 0 radical (unpaired) electrons. The summed E-state index contributed by atoms with van der Waals surface area (Å²) in [6.45, 7) is 0.418. The topological polar surface area (TPSA) is 56.2 Å². The average molecular weight is 303 g/mol. The lowest BCUT2D eigenvalue weighted by molar-refractivity contribution is -0.0337. The van der Waals surface area contributed by atoms with Crippen molar-refractivity contribution in [2.45, 2.75) is 44.6 Å². The first kappa shape index (κ1) is 15.1. The van der Waals surface area contributed by atoms with Crippen LogP contribution in [0.2, 0.25) is 5.02 Å². The monoisotopic (exact) mass is 302 g/mol. The second kappa shape index (κ2) is 6.45. The summed E-state index contributed by atoms with van der Waals surface area (Å²) in [5.41, 5.74) is 6.95. The normalized spacial score (nSPS) is 17.6. The molecule has 0 saturated heterocycles. The van der Waals surface area contributed by atoms with E-state index in [0.29, 0.717) is 24.4 Å². The number of nitrogens with two attached hydrogens (primary N) is 1. The molecule has 2 heterocycles. The first-order valence-electron chi connectivity index (χ1n) is 6.58. The third kappa shape index (κ3) is 4.11. The lowest BCUT2D eigenvalue weighted by Gasteiger charge is -2.20. The van der Waals surface area contributed by atoms with Crippen LogP contribution in [0.25, 0.3) is 5.65 Å². The Hall–Kier alpha value is -1.27. The van der Waals surface area contributed by atoms with Crippen LogP contribution in [0.3, 0.4) is 0 Å². The van der Waals surface area contributed by atoms with Gasteiger partial charge in [-0.25, -0.2) is 18.3 Å². The number of nitrogens with zero attached hydrogens (tertiary/aromatic N) is 3. The molecule has 0 aromatic carbocycles. The third-order valence-electron chi connectivity index (χ3n) is 3.13. The van der Waals surface area contributed by atoms with Gasteiger partial charge in [0.2, 0.25) is 5.92 Å². The van der Waals surface area contributed by atoms with Crippen LogP contribution >= 0.6 is 11.6 Å². The van der Waals surface area contributed by atoms with Gasteiger partial charge in [0.15, 0.2) is 5.65 Å². The van der Waals surface area contributed by atoms with Crippen molar-refractivity contribution < 1.29 is 8.78 Å². The molecule has 2 aromatic heterocycles. The van der Waals surface area contributed by atoms with Gasteiger partial charge in [0, 0.05) is 25.5 Å². The second-order valence-electron chi connectivity index (χ2n) is 4.83. The van der Waals surface area contributed by atoms with Crippen molar-refractivity contribution in [3.63, 3.8) is 0 Å². The van der Waals surface area contributed by atoms with Gasteiger partial charge in [-0.05, 0) is 12.8 Å². The molecule has 3 rings (SSSR count). The van der Waals surface area contributed by atoms with Crippen molar-refractivity contribution in [1.29, 1.82) is 0 Å².